The third-order valence-corrected chi connectivity index (χ3v) is 5.96. The molecule has 1 saturated carbocycles. The van der Waals surface area contributed by atoms with Crippen LogP contribution in [0.5, 0.6) is 0 Å². The lowest BCUT2D eigenvalue weighted by Crippen LogP contribution is -2.46. The maximum Gasteiger partial charge on any atom is 0.331 e. The molecule has 0 aromatic heterocycles. The predicted molar refractivity (Wildman–Crippen MR) is 90.0 cm³/mol. The van der Waals surface area contributed by atoms with Gasteiger partial charge < -0.3 is 14.8 Å². The molecule has 1 aromatic carbocycles. The van der Waals surface area contributed by atoms with Crippen molar-refractivity contribution in [3.63, 3.8) is 0 Å². The quantitative estimate of drug-likeness (QED) is 0.512. The number of hydrogen-bond donors (Lipinski definition) is 1. The predicted octanol–water partition coefficient (Wildman–Crippen LogP) is 3.39. The summed E-state index contributed by atoms with van der Waals surface area (Å²) in [5, 5.41) is 14.0. The summed E-state index contributed by atoms with van der Waals surface area (Å²) in [6, 6.07) is 5.64. The second-order valence-electron chi connectivity index (χ2n) is 7.32. The van der Waals surface area contributed by atoms with Gasteiger partial charge in [-0.1, -0.05) is 25.3 Å². The van der Waals surface area contributed by atoms with Gasteiger partial charge >= 0.3 is 5.97 Å². The maximum atomic E-state index is 12.5. The van der Waals surface area contributed by atoms with Crippen LogP contribution in [0.2, 0.25) is 0 Å². The van der Waals surface area contributed by atoms with Crippen molar-refractivity contribution in [2.45, 2.75) is 56.8 Å². The van der Waals surface area contributed by atoms with Crippen molar-refractivity contribution in [3.8, 4) is 0 Å². The highest BCUT2D eigenvalue weighted by Gasteiger charge is 2.64. The van der Waals surface area contributed by atoms with Gasteiger partial charge in [-0.15, -0.1) is 0 Å². The second-order valence-corrected chi connectivity index (χ2v) is 7.32. The van der Waals surface area contributed by atoms with E-state index in [2.05, 4.69) is 5.32 Å². The number of fused-ring (bicyclic) bond motifs is 1. The average molecular weight is 346 g/mol. The molecular weight excluding hydrogens is 324 g/mol. The molecule has 1 N–H and O–H groups in total. The van der Waals surface area contributed by atoms with Crippen molar-refractivity contribution in [1.82, 2.24) is 0 Å². The molecule has 1 aromatic rings. The third-order valence-electron chi connectivity index (χ3n) is 5.96. The summed E-state index contributed by atoms with van der Waals surface area (Å²) in [4.78, 5) is 23.0. The zero-order chi connectivity index (χ0) is 17.5. The first kappa shape index (κ1) is 16.3. The molecule has 2 unspecified atom stereocenters. The number of hydrogen-bond acceptors (Lipinski definition) is 6. The van der Waals surface area contributed by atoms with Gasteiger partial charge in [-0.05, 0) is 25.3 Å². The van der Waals surface area contributed by atoms with Crippen LogP contribution in [0.25, 0.3) is 0 Å². The standard InChI is InChI=1S/C18H22N2O5/c21-16-15(19-13-5-4-6-14(11-13)20(22)23)12-18(25-16)17(9-10-24-18)7-2-1-3-8-17/h4-6,11,15,19H,1-3,7-10,12H2. The van der Waals surface area contributed by atoms with Crippen LogP contribution in [0.15, 0.2) is 24.3 Å². The van der Waals surface area contributed by atoms with E-state index in [1.54, 1.807) is 12.1 Å². The summed E-state index contributed by atoms with van der Waals surface area (Å²) in [6.45, 7) is 0.622. The smallest absolute Gasteiger partial charge is 0.331 e. The van der Waals surface area contributed by atoms with Gasteiger partial charge in [-0.25, -0.2) is 4.79 Å². The lowest BCUT2D eigenvalue weighted by molar-refractivity contribution is -0.384. The van der Waals surface area contributed by atoms with Crippen LogP contribution in [0, 0.1) is 15.5 Å². The van der Waals surface area contributed by atoms with Crippen molar-refractivity contribution in [2.75, 3.05) is 11.9 Å². The lowest BCUT2D eigenvalue weighted by atomic mass is 9.66. The highest BCUT2D eigenvalue weighted by Crippen LogP contribution is 2.57. The minimum Gasteiger partial charge on any atom is -0.431 e. The molecule has 2 aliphatic heterocycles. The Morgan fingerprint density at radius 1 is 1.20 bits per heavy atom. The number of ether oxygens (including phenoxy) is 2. The van der Waals surface area contributed by atoms with Crippen molar-refractivity contribution < 1.29 is 19.2 Å². The molecule has 3 fully saturated rings. The minimum absolute atomic E-state index is 0.00746. The number of non-ortho nitro benzene ring substituents is 1. The molecule has 2 heterocycles. The maximum absolute atomic E-state index is 12.5. The molecule has 1 aliphatic carbocycles. The molecule has 134 valence electrons. The Balaban J connectivity index is 1.54. The number of anilines is 1. The Morgan fingerprint density at radius 3 is 2.76 bits per heavy atom. The van der Waals surface area contributed by atoms with E-state index >= 15 is 0 Å². The summed E-state index contributed by atoms with van der Waals surface area (Å²) in [5.74, 6) is -1.17. The van der Waals surface area contributed by atoms with Crippen molar-refractivity contribution in [3.05, 3.63) is 34.4 Å². The number of nitro groups is 1. The van der Waals surface area contributed by atoms with E-state index in [-0.39, 0.29) is 17.1 Å². The van der Waals surface area contributed by atoms with Crippen LogP contribution < -0.4 is 5.32 Å². The van der Waals surface area contributed by atoms with Crippen molar-refractivity contribution >= 4 is 17.3 Å². The topological polar surface area (TPSA) is 90.7 Å². The summed E-state index contributed by atoms with van der Waals surface area (Å²) in [5.41, 5.74) is 0.468. The fourth-order valence-electron chi connectivity index (χ4n) is 4.68. The van der Waals surface area contributed by atoms with Crippen LogP contribution in [-0.4, -0.2) is 29.3 Å². The molecule has 0 bridgehead atoms. The second kappa shape index (κ2) is 5.98. The molecular formula is C18H22N2O5. The van der Waals surface area contributed by atoms with E-state index in [1.165, 1.54) is 18.6 Å². The van der Waals surface area contributed by atoms with Crippen LogP contribution in [0.4, 0.5) is 11.4 Å². The van der Waals surface area contributed by atoms with Gasteiger partial charge in [0.1, 0.15) is 6.04 Å². The molecule has 25 heavy (non-hydrogen) atoms. The Kier molecular flexibility index (Phi) is 3.91. The normalized spacial score (nSPS) is 30.6. The van der Waals surface area contributed by atoms with E-state index < -0.39 is 16.8 Å². The fraction of sp³-hybridized carbons (Fsp3) is 0.611. The van der Waals surface area contributed by atoms with Crippen LogP contribution in [-0.2, 0) is 14.3 Å². The van der Waals surface area contributed by atoms with Crippen molar-refractivity contribution in [1.29, 1.82) is 0 Å². The van der Waals surface area contributed by atoms with Crippen LogP contribution in [0.1, 0.15) is 44.9 Å². The highest BCUT2D eigenvalue weighted by atomic mass is 16.7. The van der Waals surface area contributed by atoms with Gasteiger partial charge in [0.2, 0.25) is 5.79 Å². The number of rotatable bonds is 3. The largest absolute Gasteiger partial charge is 0.431 e. The highest BCUT2D eigenvalue weighted by molar-refractivity contribution is 5.82. The number of esters is 1. The van der Waals surface area contributed by atoms with Crippen LogP contribution in [0.3, 0.4) is 0 Å². The molecule has 2 saturated heterocycles. The Hall–Kier alpha value is -2.15. The molecule has 2 atom stereocenters. The molecule has 2 spiro atoms. The van der Waals surface area contributed by atoms with E-state index in [9.17, 15) is 14.9 Å². The number of nitro benzene ring substituents is 1. The molecule has 7 nitrogen and oxygen atoms in total. The molecule has 0 amide bonds. The van der Waals surface area contributed by atoms with Gasteiger partial charge in [0.15, 0.2) is 0 Å². The number of carbonyl (C=O) groups excluding carboxylic acids is 1. The summed E-state index contributed by atoms with van der Waals surface area (Å²) in [6.07, 6.45) is 6.96. The minimum atomic E-state index is -0.830. The third kappa shape index (κ3) is 2.66. The van der Waals surface area contributed by atoms with Gasteiger partial charge in [0, 0.05) is 29.7 Å². The molecule has 7 heteroatoms. The number of benzene rings is 1. The zero-order valence-electron chi connectivity index (χ0n) is 14.0. The monoisotopic (exact) mass is 346 g/mol. The zero-order valence-corrected chi connectivity index (χ0v) is 14.0. The summed E-state index contributed by atoms with van der Waals surface area (Å²) >= 11 is 0. The number of nitrogens with one attached hydrogen (secondary N) is 1. The Bertz CT molecular complexity index is 700. The Morgan fingerprint density at radius 2 is 2.00 bits per heavy atom. The first-order chi connectivity index (χ1) is 12.0. The average Bonchev–Trinajstić information content (AvgIpc) is 3.09. The molecule has 3 aliphatic rings. The first-order valence-corrected chi connectivity index (χ1v) is 8.92. The van der Waals surface area contributed by atoms with E-state index in [4.69, 9.17) is 9.47 Å². The van der Waals surface area contributed by atoms with Gasteiger partial charge in [-0.3, -0.25) is 10.1 Å². The lowest BCUT2D eigenvalue weighted by Gasteiger charge is -2.43. The van der Waals surface area contributed by atoms with E-state index in [1.807, 2.05) is 0 Å². The Labute approximate surface area is 145 Å². The van der Waals surface area contributed by atoms with Gasteiger partial charge in [0.05, 0.1) is 11.5 Å². The number of carbonyl (C=O) groups is 1. The van der Waals surface area contributed by atoms with Crippen molar-refractivity contribution in [2.24, 2.45) is 5.41 Å². The first-order valence-electron chi connectivity index (χ1n) is 8.92. The summed E-state index contributed by atoms with van der Waals surface area (Å²) in [7, 11) is 0. The van der Waals surface area contributed by atoms with E-state index in [0.717, 1.165) is 32.1 Å². The fourth-order valence-corrected chi connectivity index (χ4v) is 4.68. The van der Waals surface area contributed by atoms with Crippen LogP contribution >= 0.6 is 0 Å². The summed E-state index contributed by atoms with van der Waals surface area (Å²) < 4.78 is 11.8. The van der Waals surface area contributed by atoms with Gasteiger partial charge in [0.25, 0.3) is 5.69 Å². The van der Waals surface area contributed by atoms with Gasteiger partial charge in [-0.2, -0.15) is 0 Å². The molecule has 4 rings (SSSR count). The SMILES string of the molecule is O=C1OC2(CC1Nc1cccc([N+](=O)[O-])c1)OCCC21CCCCC1. The molecule has 0 radical (unpaired) electrons. The number of nitrogens with zero attached hydrogens (tertiary/aromatic N) is 1. The van der Waals surface area contributed by atoms with E-state index in [0.29, 0.717) is 18.7 Å².